The number of aliphatic imine (C=N–C) groups is 1. The number of nitrogens with zero attached hydrogens (tertiary/aromatic N) is 1. The highest BCUT2D eigenvalue weighted by Gasteiger charge is 2.49. The topological polar surface area (TPSA) is 163 Å². The molecule has 2 aliphatic carbocycles. The van der Waals surface area contributed by atoms with Crippen molar-refractivity contribution in [2.24, 2.45) is 21.9 Å². The summed E-state index contributed by atoms with van der Waals surface area (Å²) in [4.78, 5) is 30.3. The second kappa shape index (κ2) is 10.1. The first-order chi connectivity index (χ1) is 14.8. The highest BCUT2D eigenvalue weighted by Crippen LogP contribution is 2.39. The number of fused-ring (bicyclic) bond motifs is 1. The molecule has 1 unspecified atom stereocenters. The van der Waals surface area contributed by atoms with Crippen LogP contribution in [0.1, 0.15) is 49.7 Å². The Hall–Kier alpha value is -2.59. The highest BCUT2D eigenvalue weighted by molar-refractivity contribution is 6.43. The summed E-state index contributed by atoms with van der Waals surface area (Å²) < 4.78 is 0. The summed E-state index contributed by atoms with van der Waals surface area (Å²) in [6.45, 7) is 0.315. The van der Waals surface area contributed by atoms with Crippen LogP contribution in [0.2, 0.25) is 0 Å². The minimum absolute atomic E-state index is 0.0333. The third kappa shape index (κ3) is 5.56. The number of guanidine groups is 1. The Labute approximate surface area is 182 Å². The van der Waals surface area contributed by atoms with Crippen LogP contribution in [-0.4, -0.2) is 53.5 Å². The highest BCUT2D eigenvalue weighted by atomic mass is 16.4. The van der Waals surface area contributed by atoms with Crippen LogP contribution in [0.5, 0.6) is 0 Å². The van der Waals surface area contributed by atoms with Gasteiger partial charge in [-0.3, -0.25) is 14.6 Å². The van der Waals surface area contributed by atoms with Gasteiger partial charge >= 0.3 is 7.12 Å². The average molecular weight is 429 g/mol. The van der Waals surface area contributed by atoms with Crippen LogP contribution in [0.4, 0.5) is 0 Å². The Morgan fingerprint density at radius 2 is 1.74 bits per heavy atom. The number of carbonyl (C=O) groups is 2. The van der Waals surface area contributed by atoms with E-state index in [0.717, 1.165) is 25.7 Å². The molecule has 1 aromatic carbocycles. The Bertz CT molecular complexity index is 797. The fraction of sp³-hybridized carbons (Fsp3) is 0.571. The van der Waals surface area contributed by atoms with Crippen molar-refractivity contribution in [2.45, 2.75) is 63.3 Å². The van der Waals surface area contributed by atoms with Gasteiger partial charge in [0, 0.05) is 12.6 Å². The predicted octanol–water partition coefficient (Wildman–Crippen LogP) is -0.619. The molecule has 168 valence electrons. The van der Waals surface area contributed by atoms with E-state index in [2.05, 4.69) is 27.8 Å². The molecule has 10 heteroatoms. The van der Waals surface area contributed by atoms with E-state index in [1.165, 1.54) is 11.1 Å². The number of hydrogen-bond acceptors (Lipinski definition) is 5. The van der Waals surface area contributed by atoms with Gasteiger partial charge in [0.1, 0.15) is 5.41 Å². The number of rotatable bonds is 9. The summed E-state index contributed by atoms with van der Waals surface area (Å²) in [5.74, 6) is -1.66. The van der Waals surface area contributed by atoms with Crippen LogP contribution in [0, 0.1) is 5.41 Å². The molecule has 0 saturated heterocycles. The molecule has 2 amide bonds. The molecule has 31 heavy (non-hydrogen) atoms. The van der Waals surface area contributed by atoms with Crippen LogP contribution >= 0.6 is 0 Å². The van der Waals surface area contributed by atoms with E-state index in [-0.39, 0.29) is 24.3 Å². The maximum atomic E-state index is 13.3. The monoisotopic (exact) mass is 429 g/mol. The lowest BCUT2D eigenvalue weighted by atomic mass is 9.75. The fourth-order valence-corrected chi connectivity index (χ4v) is 4.64. The molecule has 0 aliphatic heterocycles. The molecule has 1 aromatic rings. The van der Waals surface area contributed by atoms with Gasteiger partial charge in [-0.05, 0) is 49.7 Å². The van der Waals surface area contributed by atoms with Crippen molar-refractivity contribution in [2.75, 3.05) is 6.54 Å². The first-order valence-electron chi connectivity index (χ1n) is 10.9. The second-order valence-corrected chi connectivity index (χ2v) is 8.58. The van der Waals surface area contributed by atoms with E-state index < -0.39 is 24.4 Å². The van der Waals surface area contributed by atoms with E-state index in [1.54, 1.807) is 0 Å². The number of nitrogens with two attached hydrogens (primary N) is 2. The van der Waals surface area contributed by atoms with Crippen molar-refractivity contribution in [3.05, 3.63) is 35.4 Å². The molecule has 0 aromatic heterocycles. The summed E-state index contributed by atoms with van der Waals surface area (Å²) in [7, 11) is -1.74. The molecule has 0 heterocycles. The molecule has 8 N–H and O–H groups in total. The molecule has 0 bridgehead atoms. The average Bonchev–Trinajstić information content (AvgIpc) is 3.37. The zero-order chi connectivity index (χ0) is 22.4. The van der Waals surface area contributed by atoms with Gasteiger partial charge in [-0.2, -0.15) is 0 Å². The molecular formula is C21H32BN5O4. The Balaban J connectivity index is 1.63. The van der Waals surface area contributed by atoms with Crippen LogP contribution in [-0.2, 0) is 22.4 Å². The van der Waals surface area contributed by atoms with Crippen molar-refractivity contribution in [1.29, 1.82) is 0 Å². The molecule has 3 rings (SSSR count). The molecule has 1 fully saturated rings. The summed E-state index contributed by atoms with van der Waals surface area (Å²) in [6, 6.07) is 8.07. The molecular weight excluding hydrogens is 397 g/mol. The molecule has 2 aliphatic rings. The van der Waals surface area contributed by atoms with Crippen LogP contribution in [0.25, 0.3) is 0 Å². The Kier molecular flexibility index (Phi) is 7.56. The van der Waals surface area contributed by atoms with E-state index >= 15 is 0 Å². The van der Waals surface area contributed by atoms with Gasteiger partial charge in [-0.1, -0.05) is 37.1 Å². The summed E-state index contributed by atoms with van der Waals surface area (Å²) in [6.07, 6.45) is 4.70. The van der Waals surface area contributed by atoms with Crippen LogP contribution in [0.3, 0.4) is 0 Å². The largest absolute Gasteiger partial charge is 0.475 e. The number of nitrogens with one attached hydrogen (secondary N) is 2. The predicted molar refractivity (Wildman–Crippen MR) is 119 cm³/mol. The van der Waals surface area contributed by atoms with Crippen molar-refractivity contribution in [3.8, 4) is 0 Å². The van der Waals surface area contributed by atoms with Gasteiger partial charge in [0.2, 0.25) is 11.8 Å². The minimum Gasteiger partial charge on any atom is -0.426 e. The van der Waals surface area contributed by atoms with Gasteiger partial charge in [0.05, 0.1) is 5.94 Å². The first-order valence-corrected chi connectivity index (χ1v) is 10.9. The molecule has 0 radical (unpaired) electrons. The normalized spacial score (nSPS) is 18.1. The first kappa shape index (κ1) is 23.1. The lowest BCUT2D eigenvalue weighted by molar-refractivity contribution is -0.144. The van der Waals surface area contributed by atoms with Gasteiger partial charge in [0.15, 0.2) is 5.96 Å². The summed E-state index contributed by atoms with van der Waals surface area (Å²) in [5.41, 5.74) is 11.9. The van der Waals surface area contributed by atoms with E-state index in [0.29, 0.717) is 25.8 Å². The summed E-state index contributed by atoms with van der Waals surface area (Å²) >= 11 is 0. The number of benzene rings is 1. The van der Waals surface area contributed by atoms with Crippen molar-refractivity contribution in [1.82, 2.24) is 10.6 Å². The van der Waals surface area contributed by atoms with Crippen molar-refractivity contribution in [3.63, 3.8) is 0 Å². The van der Waals surface area contributed by atoms with Crippen LogP contribution < -0.4 is 22.1 Å². The quantitative estimate of drug-likeness (QED) is 0.101. The molecule has 1 saturated carbocycles. The van der Waals surface area contributed by atoms with Gasteiger partial charge in [-0.25, -0.2) is 0 Å². The van der Waals surface area contributed by atoms with Gasteiger partial charge in [0.25, 0.3) is 0 Å². The smallest absolute Gasteiger partial charge is 0.426 e. The van der Waals surface area contributed by atoms with Crippen molar-refractivity contribution >= 4 is 24.9 Å². The van der Waals surface area contributed by atoms with Gasteiger partial charge < -0.3 is 32.1 Å². The molecule has 1 atom stereocenters. The maximum Gasteiger partial charge on any atom is 0.475 e. The minimum atomic E-state index is -1.74. The third-order valence-electron chi connectivity index (χ3n) is 6.36. The SMILES string of the molecule is NC(N)=NCCCC(NC(=O)C1(C(=O)NC2Cc3ccccc3C2)CCCC1)B(O)O. The number of amides is 2. The maximum absolute atomic E-state index is 13.3. The van der Waals surface area contributed by atoms with E-state index in [9.17, 15) is 19.6 Å². The standard InChI is InChI=1S/C21H32BN5O4/c23-20(24)25-11-5-8-17(22(30)31)27-19(29)21(9-3-4-10-21)18(28)26-16-12-14-6-1-2-7-15(14)13-16/h1-2,6-7,16-17,30-31H,3-5,8-13H2,(H,26,28)(H,27,29)(H4,23,24,25). The Morgan fingerprint density at radius 3 is 2.29 bits per heavy atom. The zero-order valence-corrected chi connectivity index (χ0v) is 17.7. The van der Waals surface area contributed by atoms with Crippen LogP contribution in [0.15, 0.2) is 29.3 Å². The van der Waals surface area contributed by atoms with E-state index in [4.69, 9.17) is 11.5 Å². The number of carbonyl (C=O) groups excluding carboxylic acids is 2. The lowest BCUT2D eigenvalue weighted by Gasteiger charge is -2.30. The molecule has 0 spiro atoms. The number of hydrogen-bond donors (Lipinski definition) is 6. The third-order valence-corrected chi connectivity index (χ3v) is 6.36. The zero-order valence-electron chi connectivity index (χ0n) is 17.7. The Morgan fingerprint density at radius 1 is 1.13 bits per heavy atom. The second-order valence-electron chi connectivity index (χ2n) is 8.58. The van der Waals surface area contributed by atoms with Crippen molar-refractivity contribution < 1.29 is 19.6 Å². The lowest BCUT2D eigenvalue weighted by Crippen LogP contribution is -2.57. The van der Waals surface area contributed by atoms with E-state index in [1.807, 2.05) is 12.1 Å². The summed E-state index contributed by atoms with van der Waals surface area (Å²) in [5, 5.41) is 25.2. The molecule has 9 nitrogen and oxygen atoms in total. The van der Waals surface area contributed by atoms with Gasteiger partial charge in [-0.15, -0.1) is 0 Å². The fourth-order valence-electron chi connectivity index (χ4n) is 4.64.